The van der Waals surface area contributed by atoms with Crippen LogP contribution in [0.1, 0.15) is 37.4 Å². The Morgan fingerprint density at radius 3 is 2.07 bits per heavy atom. The van der Waals surface area contributed by atoms with Gasteiger partial charge in [-0.1, -0.05) is 49.7 Å². The van der Waals surface area contributed by atoms with Crippen LogP contribution in [-0.2, 0) is 25.1 Å². The minimum absolute atomic E-state index is 0.00472. The van der Waals surface area contributed by atoms with Crippen molar-refractivity contribution < 1.29 is 45.9 Å². The number of nitrogens with one attached hydrogen (secondary N) is 3. The second-order valence-corrected chi connectivity index (χ2v) is 9.72. The summed E-state index contributed by atoms with van der Waals surface area (Å²) in [6, 6.07) is 5.34. The van der Waals surface area contributed by atoms with Crippen LogP contribution in [0.3, 0.4) is 0 Å². The molecule has 0 radical (unpaired) electrons. The van der Waals surface area contributed by atoms with Crippen LogP contribution in [0, 0.1) is 17.2 Å². The van der Waals surface area contributed by atoms with E-state index >= 15 is 0 Å². The van der Waals surface area contributed by atoms with Crippen molar-refractivity contribution in [3.8, 4) is 11.8 Å². The average molecular weight is 617 g/mol. The van der Waals surface area contributed by atoms with E-state index in [0.29, 0.717) is 5.75 Å². The lowest BCUT2D eigenvalue weighted by Gasteiger charge is -2.27. The molecule has 0 aromatic heterocycles. The molecule has 0 fully saturated rings. The number of carbonyl (C=O) groups excluding carboxylic acids is 4. The monoisotopic (exact) mass is 616 g/mol. The predicted octanol–water partition coefficient (Wildman–Crippen LogP) is 3.97. The molecule has 0 saturated heterocycles. The van der Waals surface area contributed by atoms with Gasteiger partial charge in [-0.05, 0) is 35.7 Å². The minimum atomic E-state index is -5.28. The normalized spacial score (nSPS) is 13.7. The van der Waals surface area contributed by atoms with Gasteiger partial charge in [0.2, 0.25) is 11.8 Å². The zero-order valence-corrected chi connectivity index (χ0v) is 23.1. The number of methoxy groups -OCH3 is 1. The summed E-state index contributed by atoms with van der Waals surface area (Å²) in [7, 11) is 1.34. The molecule has 15 heteroatoms. The van der Waals surface area contributed by atoms with Crippen LogP contribution in [0.5, 0.6) is 5.75 Å². The topological polar surface area (TPSA) is 137 Å². The molecule has 0 aliphatic rings. The number of ketones is 1. The standard InChI is InChI=1S/C27H26ClF5N4O5/c1-14(2)20(22(38)27(31,32)33)36-24(40)21(15-7-9-18(42-3)10-8-15)37-23(39)19(11-12-34)35-25(41)26(29,30)16-5-4-6-17(28)13-16/h4-10,13-14,19-21H,11H2,1-3H3,(H,35,41)(H,36,40)(H,37,39)/t19-,20-,21-/m0/s1. The predicted molar refractivity (Wildman–Crippen MR) is 139 cm³/mol. The Bertz CT molecular complexity index is 1350. The lowest BCUT2D eigenvalue weighted by molar-refractivity contribution is -0.175. The molecule has 0 aliphatic carbocycles. The van der Waals surface area contributed by atoms with Crippen molar-refractivity contribution in [2.75, 3.05) is 7.11 Å². The second-order valence-electron chi connectivity index (χ2n) is 9.28. The van der Waals surface area contributed by atoms with E-state index in [9.17, 15) is 41.1 Å². The number of Topliss-reactive ketones (excluding diaryl/α,β-unsaturated/α-hetero) is 1. The molecular weight excluding hydrogens is 591 g/mol. The van der Waals surface area contributed by atoms with Gasteiger partial charge < -0.3 is 20.7 Å². The summed E-state index contributed by atoms with van der Waals surface area (Å²) in [5, 5.41) is 15.0. The highest BCUT2D eigenvalue weighted by Crippen LogP contribution is 2.30. The molecular formula is C27H26ClF5N4O5. The third-order valence-corrected chi connectivity index (χ3v) is 6.15. The number of alkyl halides is 5. The van der Waals surface area contributed by atoms with Gasteiger partial charge >= 0.3 is 12.1 Å². The number of hydrogen-bond acceptors (Lipinski definition) is 6. The molecule has 9 nitrogen and oxygen atoms in total. The maximum atomic E-state index is 14.8. The quantitative estimate of drug-likeness (QED) is 0.309. The Morgan fingerprint density at radius 2 is 1.57 bits per heavy atom. The first-order chi connectivity index (χ1) is 19.5. The van der Waals surface area contributed by atoms with Crippen LogP contribution in [-0.4, -0.2) is 48.9 Å². The highest BCUT2D eigenvalue weighted by Gasteiger charge is 2.46. The molecule has 0 aliphatic heterocycles. The molecule has 2 aromatic carbocycles. The average Bonchev–Trinajstić information content (AvgIpc) is 2.93. The SMILES string of the molecule is COc1ccc([C@H](NC(=O)[C@H](CC#N)NC(=O)C(F)(F)c2cccc(Cl)c2)C(=O)N[C@H](C(=O)C(F)(F)F)C(C)C)cc1. The number of hydrogen-bond donors (Lipinski definition) is 3. The van der Waals surface area contributed by atoms with Gasteiger partial charge in [0, 0.05) is 10.6 Å². The van der Waals surface area contributed by atoms with Crippen molar-refractivity contribution in [3.05, 3.63) is 64.7 Å². The fourth-order valence-corrected chi connectivity index (χ4v) is 3.84. The number of nitrogens with zero attached hydrogens (tertiary/aromatic N) is 1. The Labute approximate surface area is 242 Å². The van der Waals surface area contributed by atoms with E-state index in [1.54, 1.807) is 11.4 Å². The number of halogens is 6. The van der Waals surface area contributed by atoms with Gasteiger partial charge in [-0.3, -0.25) is 19.2 Å². The van der Waals surface area contributed by atoms with E-state index in [1.165, 1.54) is 57.4 Å². The van der Waals surface area contributed by atoms with Gasteiger partial charge in [0.05, 0.1) is 25.6 Å². The number of benzene rings is 2. The third kappa shape index (κ3) is 8.62. The van der Waals surface area contributed by atoms with E-state index in [0.717, 1.165) is 12.1 Å². The maximum Gasteiger partial charge on any atom is 0.452 e. The summed E-state index contributed by atoms with van der Waals surface area (Å²) in [5.74, 6) is -11.6. The molecule has 0 saturated carbocycles. The van der Waals surface area contributed by atoms with Crippen LogP contribution < -0.4 is 20.7 Å². The lowest BCUT2D eigenvalue weighted by atomic mass is 9.97. The Hall–Kier alpha value is -4.25. The fraction of sp³-hybridized carbons (Fsp3) is 0.370. The molecule has 2 rings (SSSR count). The first-order valence-electron chi connectivity index (χ1n) is 12.2. The molecule has 0 heterocycles. The molecule has 3 N–H and O–H groups in total. The summed E-state index contributed by atoms with van der Waals surface area (Å²) >= 11 is 5.72. The minimum Gasteiger partial charge on any atom is -0.497 e. The van der Waals surface area contributed by atoms with Crippen LogP contribution >= 0.6 is 11.6 Å². The second kappa shape index (κ2) is 14.1. The smallest absolute Gasteiger partial charge is 0.452 e. The number of amides is 3. The molecule has 3 atom stereocenters. The van der Waals surface area contributed by atoms with Crippen LogP contribution in [0.15, 0.2) is 48.5 Å². The van der Waals surface area contributed by atoms with Crippen molar-refractivity contribution >= 4 is 35.1 Å². The van der Waals surface area contributed by atoms with Gasteiger partial charge in [0.1, 0.15) is 17.8 Å². The van der Waals surface area contributed by atoms with Crippen molar-refractivity contribution in [1.29, 1.82) is 5.26 Å². The Morgan fingerprint density at radius 1 is 0.952 bits per heavy atom. The molecule has 226 valence electrons. The number of carbonyl (C=O) groups is 4. The van der Waals surface area contributed by atoms with E-state index in [-0.39, 0.29) is 10.6 Å². The van der Waals surface area contributed by atoms with E-state index in [4.69, 9.17) is 21.6 Å². The fourth-order valence-electron chi connectivity index (χ4n) is 3.65. The van der Waals surface area contributed by atoms with E-state index in [1.807, 2.05) is 5.32 Å². The van der Waals surface area contributed by atoms with Crippen molar-refractivity contribution in [2.45, 2.75) is 50.5 Å². The largest absolute Gasteiger partial charge is 0.497 e. The Balaban J connectivity index is 2.39. The van der Waals surface area contributed by atoms with E-state index < -0.39 is 71.6 Å². The first kappa shape index (κ1) is 34.0. The maximum absolute atomic E-state index is 14.8. The van der Waals surface area contributed by atoms with Gasteiger partial charge in [-0.2, -0.15) is 27.2 Å². The lowest BCUT2D eigenvalue weighted by Crippen LogP contribution is -2.55. The highest BCUT2D eigenvalue weighted by molar-refractivity contribution is 6.30. The van der Waals surface area contributed by atoms with Gasteiger partial charge in [-0.25, -0.2) is 0 Å². The van der Waals surface area contributed by atoms with Gasteiger partial charge in [0.25, 0.3) is 11.7 Å². The molecule has 0 unspecified atom stereocenters. The third-order valence-electron chi connectivity index (χ3n) is 5.91. The summed E-state index contributed by atoms with van der Waals surface area (Å²) in [6.45, 7) is 2.52. The van der Waals surface area contributed by atoms with Crippen molar-refractivity contribution in [1.82, 2.24) is 16.0 Å². The Kier molecular flexibility index (Phi) is 11.4. The summed E-state index contributed by atoms with van der Waals surface area (Å²) < 4.78 is 74.1. The van der Waals surface area contributed by atoms with E-state index in [2.05, 4.69) is 5.32 Å². The van der Waals surface area contributed by atoms with Crippen LogP contribution in [0.2, 0.25) is 5.02 Å². The zero-order valence-electron chi connectivity index (χ0n) is 22.4. The van der Waals surface area contributed by atoms with Crippen LogP contribution in [0.4, 0.5) is 22.0 Å². The molecule has 42 heavy (non-hydrogen) atoms. The summed E-state index contributed by atoms with van der Waals surface area (Å²) in [4.78, 5) is 50.7. The first-order valence-corrected chi connectivity index (χ1v) is 12.6. The number of ether oxygens (including phenoxy) is 1. The number of rotatable bonds is 12. The summed E-state index contributed by atoms with van der Waals surface area (Å²) in [5.41, 5.74) is -0.803. The number of nitriles is 1. The highest BCUT2D eigenvalue weighted by atomic mass is 35.5. The van der Waals surface area contributed by atoms with Crippen molar-refractivity contribution in [3.63, 3.8) is 0 Å². The molecule has 0 bridgehead atoms. The van der Waals surface area contributed by atoms with Crippen LogP contribution in [0.25, 0.3) is 0 Å². The molecule has 0 spiro atoms. The zero-order chi connectivity index (χ0) is 31.8. The van der Waals surface area contributed by atoms with Gasteiger partial charge in [0.15, 0.2) is 0 Å². The molecule has 2 aromatic rings. The molecule has 3 amide bonds. The van der Waals surface area contributed by atoms with Gasteiger partial charge in [-0.15, -0.1) is 0 Å². The summed E-state index contributed by atoms with van der Waals surface area (Å²) in [6.07, 6.45) is -6.10. The van der Waals surface area contributed by atoms with Crippen molar-refractivity contribution in [2.24, 2.45) is 5.92 Å².